The molecule has 0 aromatic rings. The van der Waals surface area contributed by atoms with Crippen molar-refractivity contribution < 1.29 is 0 Å². The van der Waals surface area contributed by atoms with Gasteiger partial charge in [-0.25, -0.2) is 0 Å². The van der Waals surface area contributed by atoms with Crippen molar-refractivity contribution in [1.29, 1.82) is 0 Å². The van der Waals surface area contributed by atoms with Gasteiger partial charge >= 0.3 is 0 Å². The lowest BCUT2D eigenvalue weighted by Gasteiger charge is -2.31. The fraction of sp³-hybridized carbons (Fsp3) is 1.00. The average molecular weight is 283 g/mol. The first-order chi connectivity index (χ1) is 9.12. The summed E-state index contributed by atoms with van der Waals surface area (Å²) in [5, 5.41) is 0. The highest BCUT2D eigenvalue weighted by Gasteiger charge is 2.28. The van der Waals surface area contributed by atoms with Gasteiger partial charge in [0.05, 0.1) is 0 Å². The zero-order chi connectivity index (χ0) is 15.4. The van der Waals surface area contributed by atoms with Gasteiger partial charge in [-0.1, -0.05) is 41.5 Å². The van der Waals surface area contributed by atoms with E-state index in [0.29, 0.717) is 16.7 Å². The van der Waals surface area contributed by atoms with Gasteiger partial charge in [0.2, 0.25) is 0 Å². The first-order valence-electron chi connectivity index (χ1n) is 8.54. The molecule has 2 unspecified atom stereocenters. The molecule has 1 saturated heterocycles. The van der Waals surface area contributed by atoms with Crippen LogP contribution in [0.25, 0.3) is 0 Å². The van der Waals surface area contributed by atoms with Crippen LogP contribution in [0, 0.1) is 22.7 Å². The van der Waals surface area contributed by atoms with Gasteiger partial charge in [0.15, 0.2) is 0 Å². The molecule has 2 atom stereocenters. The van der Waals surface area contributed by atoms with Crippen molar-refractivity contribution >= 4 is 0 Å². The molecule has 0 aromatic carbocycles. The largest absolute Gasteiger partial charge is 0.330 e. The quantitative estimate of drug-likeness (QED) is 0.839. The van der Waals surface area contributed by atoms with E-state index in [1.54, 1.807) is 0 Å². The van der Waals surface area contributed by atoms with E-state index in [9.17, 15) is 0 Å². The predicted molar refractivity (Wildman–Crippen MR) is 89.9 cm³/mol. The van der Waals surface area contributed by atoms with Crippen molar-refractivity contribution in [3.63, 3.8) is 0 Å². The first-order valence-corrected chi connectivity index (χ1v) is 8.54. The molecule has 1 aliphatic heterocycles. The Hall–Kier alpha value is -0.0800. The van der Waals surface area contributed by atoms with E-state index < -0.39 is 0 Å². The molecule has 0 radical (unpaired) electrons. The van der Waals surface area contributed by atoms with Crippen molar-refractivity contribution in [3.8, 4) is 0 Å². The minimum absolute atomic E-state index is 0.393. The van der Waals surface area contributed by atoms with E-state index in [1.807, 2.05) is 0 Å². The number of likely N-dealkylation sites (tertiary alicyclic amines) is 1. The summed E-state index contributed by atoms with van der Waals surface area (Å²) in [6.07, 6.45) is 5.35. The molecule has 1 aliphatic rings. The van der Waals surface area contributed by atoms with E-state index in [4.69, 9.17) is 5.73 Å². The molecule has 20 heavy (non-hydrogen) atoms. The second-order valence-corrected chi connectivity index (χ2v) is 9.16. The normalized spacial score (nSPS) is 24.4. The molecule has 1 heterocycles. The summed E-state index contributed by atoms with van der Waals surface area (Å²) in [5.41, 5.74) is 6.87. The number of nitrogens with zero attached hydrogens (tertiary/aromatic N) is 1. The Morgan fingerprint density at radius 1 is 1.05 bits per heavy atom. The molecule has 120 valence electrons. The van der Waals surface area contributed by atoms with Crippen LogP contribution >= 0.6 is 0 Å². The molecule has 0 bridgehead atoms. The van der Waals surface area contributed by atoms with Crippen molar-refractivity contribution in [2.75, 3.05) is 26.2 Å². The van der Waals surface area contributed by atoms with E-state index in [-0.39, 0.29) is 0 Å². The van der Waals surface area contributed by atoms with Gasteiger partial charge in [-0.3, -0.25) is 0 Å². The monoisotopic (exact) mass is 282 g/mol. The van der Waals surface area contributed by atoms with Crippen LogP contribution in [0.3, 0.4) is 0 Å². The number of hydrogen-bond donors (Lipinski definition) is 1. The summed E-state index contributed by atoms with van der Waals surface area (Å²) in [4.78, 5) is 2.68. The van der Waals surface area contributed by atoms with Crippen LogP contribution in [0.4, 0.5) is 0 Å². The summed E-state index contributed by atoms with van der Waals surface area (Å²) >= 11 is 0. The highest BCUT2D eigenvalue weighted by atomic mass is 15.1. The molecule has 1 fully saturated rings. The van der Waals surface area contributed by atoms with Gasteiger partial charge < -0.3 is 10.6 Å². The minimum Gasteiger partial charge on any atom is -0.330 e. The molecule has 0 aliphatic carbocycles. The third kappa shape index (κ3) is 6.58. The first kappa shape index (κ1) is 18.0. The SMILES string of the molecule is CC(C)(C)CC(CN)CN1CCCC(C(C)(C)C)CC1. The predicted octanol–water partition coefficient (Wildman–Crippen LogP) is 4.15. The van der Waals surface area contributed by atoms with Crippen LogP contribution in [0.1, 0.15) is 67.2 Å². The van der Waals surface area contributed by atoms with Crippen LogP contribution in [0.2, 0.25) is 0 Å². The standard InChI is InChI=1S/C18H38N2/c1-17(2,3)12-15(13-19)14-20-10-7-8-16(9-11-20)18(4,5)6/h15-16H,7-14,19H2,1-6H3. The zero-order valence-electron chi connectivity index (χ0n) is 14.8. The molecule has 2 nitrogen and oxygen atoms in total. The fourth-order valence-corrected chi connectivity index (χ4v) is 3.66. The summed E-state index contributed by atoms with van der Waals surface area (Å²) in [6, 6.07) is 0. The molecule has 2 N–H and O–H groups in total. The zero-order valence-corrected chi connectivity index (χ0v) is 14.8. The highest BCUT2D eigenvalue weighted by molar-refractivity contribution is 4.80. The molecule has 0 saturated carbocycles. The van der Waals surface area contributed by atoms with Crippen molar-refractivity contribution in [1.82, 2.24) is 4.90 Å². The lowest BCUT2D eigenvalue weighted by Crippen LogP contribution is -2.35. The third-order valence-electron chi connectivity index (χ3n) is 4.80. The van der Waals surface area contributed by atoms with Gasteiger partial charge in [0, 0.05) is 6.54 Å². The molecule has 2 heteroatoms. The van der Waals surface area contributed by atoms with E-state index in [1.165, 1.54) is 45.3 Å². The van der Waals surface area contributed by atoms with Gasteiger partial charge in [-0.2, -0.15) is 0 Å². The Balaban J connectivity index is 2.48. The molecular weight excluding hydrogens is 244 g/mol. The topological polar surface area (TPSA) is 29.3 Å². The van der Waals surface area contributed by atoms with Crippen LogP contribution in [0.15, 0.2) is 0 Å². The van der Waals surface area contributed by atoms with E-state index in [0.717, 1.165) is 12.5 Å². The fourth-order valence-electron chi connectivity index (χ4n) is 3.66. The molecule has 0 spiro atoms. The van der Waals surface area contributed by atoms with Crippen molar-refractivity contribution in [2.45, 2.75) is 67.2 Å². The Morgan fingerprint density at radius 3 is 2.20 bits per heavy atom. The van der Waals surface area contributed by atoms with E-state index >= 15 is 0 Å². The number of rotatable bonds is 4. The number of hydrogen-bond acceptors (Lipinski definition) is 2. The molecule has 0 aromatic heterocycles. The van der Waals surface area contributed by atoms with Crippen LogP contribution in [-0.2, 0) is 0 Å². The maximum absolute atomic E-state index is 6.01. The Labute approximate surface area is 127 Å². The van der Waals surface area contributed by atoms with E-state index in [2.05, 4.69) is 46.4 Å². The summed E-state index contributed by atoms with van der Waals surface area (Å²) < 4.78 is 0. The molecule has 0 amide bonds. The van der Waals surface area contributed by atoms with Gasteiger partial charge in [-0.15, -0.1) is 0 Å². The second-order valence-electron chi connectivity index (χ2n) is 9.16. The number of nitrogens with two attached hydrogens (primary N) is 1. The second kappa shape index (κ2) is 7.26. The summed E-state index contributed by atoms with van der Waals surface area (Å²) in [5.74, 6) is 1.53. The highest BCUT2D eigenvalue weighted by Crippen LogP contribution is 2.34. The third-order valence-corrected chi connectivity index (χ3v) is 4.80. The van der Waals surface area contributed by atoms with Crippen molar-refractivity contribution in [3.05, 3.63) is 0 Å². The molecule has 1 rings (SSSR count). The lowest BCUT2D eigenvalue weighted by atomic mass is 9.77. The Kier molecular flexibility index (Phi) is 6.53. The van der Waals surface area contributed by atoms with Crippen molar-refractivity contribution in [2.24, 2.45) is 28.4 Å². The smallest absolute Gasteiger partial charge is 0.00219 e. The Bertz CT molecular complexity index is 272. The summed E-state index contributed by atoms with van der Waals surface area (Å²) in [6.45, 7) is 18.7. The maximum atomic E-state index is 6.01. The average Bonchev–Trinajstić information content (AvgIpc) is 2.51. The van der Waals surface area contributed by atoms with Crippen LogP contribution in [0.5, 0.6) is 0 Å². The summed E-state index contributed by atoms with van der Waals surface area (Å²) in [7, 11) is 0. The molecular formula is C18H38N2. The lowest BCUT2D eigenvalue weighted by molar-refractivity contribution is 0.183. The minimum atomic E-state index is 0.393. The van der Waals surface area contributed by atoms with Crippen LogP contribution in [-0.4, -0.2) is 31.1 Å². The van der Waals surface area contributed by atoms with Crippen LogP contribution < -0.4 is 5.73 Å². The van der Waals surface area contributed by atoms with Gasteiger partial charge in [0.1, 0.15) is 0 Å². The van der Waals surface area contributed by atoms with Gasteiger partial charge in [-0.05, 0) is 68.0 Å². The maximum Gasteiger partial charge on any atom is 0.00219 e. The Morgan fingerprint density at radius 2 is 1.70 bits per heavy atom. The van der Waals surface area contributed by atoms with Gasteiger partial charge in [0.25, 0.3) is 0 Å².